The monoisotopic (exact) mass is 215 g/mol. The molecule has 1 aromatic heterocycles. The molecular formula is C13H13NO2. The highest BCUT2D eigenvalue weighted by molar-refractivity contribution is 5.89. The van der Waals surface area contributed by atoms with Gasteiger partial charge in [-0.15, -0.1) is 0 Å². The van der Waals surface area contributed by atoms with Crippen molar-refractivity contribution >= 4 is 22.9 Å². The van der Waals surface area contributed by atoms with Gasteiger partial charge in [-0.25, -0.2) is 4.79 Å². The number of aryl methyl sites for hydroxylation is 1. The lowest BCUT2D eigenvalue weighted by Gasteiger charge is -1.98. The van der Waals surface area contributed by atoms with Crippen LogP contribution in [-0.4, -0.2) is 17.6 Å². The number of esters is 1. The van der Waals surface area contributed by atoms with Crippen molar-refractivity contribution in [2.24, 2.45) is 7.05 Å². The van der Waals surface area contributed by atoms with E-state index in [0.29, 0.717) is 0 Å². The average Bonchev–Trinajstić information content (AvgIpc) is 2.64. The van der Waals surface area contributed by atoms with Crippen LogP contribution in [0.15, 0.2) is 36.4 Å². The number of carbonyl (C=O) groups is 1. The number of hydrogen-bond donors (Lipinski definition) is 0. The zero-order chi connectivity index (χ0) is 11.5. The van der Waals surface area contributed by atoms with Crippen LogP contribution in [0.2, 0.25) is 0 Å². The first-order chi connectivity index (χ1) is 7.72. The molecule has 0 atom stereocenters. The van der Waals surface area contributed by atoms with Gasteiger partial charge in [-0.05, 0) is 18.2 Å². The molecule has 0 N–H and O–H groups in total. The molecule has 82 valence electrons. The number of hydrogen-bond acceptors (Lipinski definition) is 2. The van der Waals surface area contributed by atoms with Gasteiger partial charge >= 0.3 is 5.97 Å². The Hall–Kier alpha value is -2.03. The maximum Gasteiger partial charge on any atom is 0.330 e. The summed E-state index contributed by atoms with van der Waals surface area (Å²) in [5.74, 6) is -0.342. The number of benzene rings is 1. The zero-order valence-corrected chi connectivity index (χ0v) is 9.31. The Bertz CT molecular complexity index is 552. The van der Waals surface area contributed by atoms with E-state index in [4.69, 9.17) is 0 Å². The Labute approximate surface area is 93.9 Å². The highest BCUT2D eigenvalue weighted by Gasteiger charge is 2.02. The fraction of sp³-hybridized carbons (Fsp3) is 0.154. The van der Waals surface area contributed by atoms with Crippen LogP contribution < -0.4 is 0 Å². The summed E-state index contributed by atoms with van der Waals surface area (Å²) in [6.45, 7) is 0. The van der Waals surface area contributed by atoms with E-state index in [9.17, 15) is 4.79 Å². The van der Waals surface area contributed by atoms with Gasteiger partial charge in [-0.1, -0.05) is 18.2 Å². The van der Waals surface area contributed by atoms with E-state index in [-0.39, 0.29) is 5.97 Å². The van der Waals surface area contributed by atoms with Crippen molar-refractivity contribution in [2.45, 2.75) is 0 Å². The molecule has 3 nitrogen and oxygen atoms in total. The van der Waals surface area contributed by atoms with Crippen LogP contribution in [-0.2, 0) is 16.6 Å². The number of para-hydroxylation sites is 1. The Kier molecular flexibility index (Phi) is 2.77. The fourth-order valence-electron chi connectivity index (χ4n) is 1.69. The molecule has 0 aliphatic heterocycles. The predicted octanol–water partition coefficient (Wildman–Crippen LogP) is 2.36. The lowest BCUT2D eigenvalue weighted by Crippen LogP contribution is -1.95. The molecule has 0 spiro atoms. The Morgan fingerprint density at radius 1 is 1.38 bits per heavy atom. The summed E-state index contributed by atoms with van der Waals surface area (Å²) in [6.07, 6.45) is 3.18. The minimum atomic E-state index is -0.342. The lowest BCUT2D eigenvalue weighted by atomic mass is 10.2. The minimum absolute atomic E-state index is 0.342. The largest absolute Gasteiger partial charge is 0.466 e. The number of methoxy groups -OCH3 is 1. The topological polar surface area (TPSA) is 31.2 Å². The van der Waals surface area contributed by atoms with Gasteiger partial charge in [0.05, 0.1) is 7.11 Å². The fourth-order valence-corrected chi connectivity index (χ4v) is 1.69. The first-order valence-corrected chi connectivity index (χ1v) is 5.03. The smallest absolute Gasteiger partial charge is 0.330 e. The molecule has 2 aromatic rings. The van der Waals surface area contributed by atoms with E-state index < -0.39 is 0 Å². The van der Waals surface area contributed by atoms with Crippen molar-refractivity contribution in [1.29, 1.82) is 0 Å². The van der Waals surface area contributed by atoms with Gasteiger partial charge < -0.3 is 9.30 Å². The van der Waals surface area contributed by atoms with Gasteiger partial charge in [-0.2, -0.15) is 0 Å². The van der Waals surface area contributed by atoms with E-state index >= 15 is 0 Å². The molecule has 0 saturated carbocycles. The van der Waals surface area contributed by atoms with E-state index in [0.717, 1.165) is 16.6 Å². The summed E-state index contributed by atoms with van der Waals surface area (Å²) >= 11 is 0. The Morgan fingerprint density at radius 3 is 2.81 bits per heavy atom. The SMILES string of the molecule is COC(=O)C=Cc1cc2ccccc2n1C. The van der Waals surface area contributed by atoms with Crippen LogP contribution in [0.3, 0.4) is 0 Å². The van der Waals surface area contributed by atoms with Gasteiger partial charge in [0, 0.05) is 29.7 Å². The number of nitrogens with zero attached hydrogens (tertiary/aromatic N) is 1. The first-order valence-electron chi connectivity index (χ1n) is 5.03. The summed E-state index contributed by atoms with van der Waals surface area (Å²) in [5, 5.41) is 1.16. The van der Waals surface area contributed by atoms with Crippen LogP contribution in [0, 0.1) is 0 Å². The highest BCUT2D eigenvalue weighted by atomic mass is 16.5. The number of ether oxygens (including phenoxy) is 1. The van der Waals surface area contributed by atoms with E-state index in [1.807, 2.05) is 41.9 Å². The van der Waals surface area contributed by atoms with Gasteiger partial charge in [0.15, 0.2) is 0 Å². The van der Waals surface area contributed by atoms with Crippen molar-refractivity contribution in [3.63, 3.8) is 0 Å². The summed E-state index contributed by atoms with van der Waals surface area (Å²) in [7, 11) is 3.34. The summed E-state index contributed by atoms with van der Waals surface area (Å²) in [6, 6.07) is 10.1. The highest BCUT2D eigenvalue weighted by Crippen LogP contribution is 2.19. The van der Waals surface area contributed by atoms with E-state index in [1.165, 1.54) is 13.2 Å². The Morgan fingerprint density at radius 2 is 2.12 bits per heavy atom. The van der Waals surface area contributed by atoms with Crippen molar-refractivity contribution in [2.75, 3.05) is 7.11 Å². The molecule has 1 aromatic carbocycles. The van der Waals surface area contributed by atoms with Crippen molar-refractivity contribution in [3.8, 4) is 0 Å². The second-order valence-electron chi connectivity index (χ2n) is 3.54. The zero-order valence-electron chi connectivity index (χ0n) is 9.31. The van der Waals surface area contributed by atoms with E-state index in [2.05, 4.69) is 4.74 Å². The molecule has 0 saturated heterocycles. The molecule has 0 fully saturated rings. The number of rotatable bonds is 2. The van der Waals surface area contributed by atoms with Gasteiger partial charge in [0.25, 0.3) is 0 Å². The molecule has 0 amide bonds. The van der Waals surface area contributed by atoms with Crippen molar-refractivity contribution in [1.82, 2.24) is 4.57 Å². The van der Waals surface area contributed by atoms with Crippen LogP contribution >= 0.6 is 0 Å². The third-order valence-corrected chi connectivity index (χ3v) is 2.58. The molecule has 2 rings (SSSR count). The number of fused-ring (bicyclic) bond motifs is 1. The molecule has 0 unspecified atom stereocenters. The molecule has 16 heavy (non-hydrogen) atoms. The molecule has 0 aliphatic carbocycles. The van der Waals surface area contributed by atoms with Gasteiger partial charge in [-0.3, -0.25) is 0 Å². The van der Waals surface area contributed by atoms with Crippen molar-refractivity contribution in [3.05, 3.63) is 42.1 Å². The number of aromatic nitrogens is 1. The van der Waals surface area contributed by atoms with Crippen LogP contribution in [0.1, 0.15) is 5.69 Å². The van der Waals surface area contributed by atoms with Gasteiger partial charge in [0.1, 0.15) is 0 Å². The standard InChI is InChI=1S/C13H13NO2/c1-14-11(7-8-13(15)16-2)9-10-5-3-4-6-12(10)14/h3-9H,1-2H3. The molecule has 1 heterocycles. The molecule has 0 bridgehead atoms. The quantitative estimate of drug-likeness (QED) is 0.569. The van der Waals surface area contributed by atoms with Crippen LogP contribution in [0.25, 0.3) is 17.0 Å². The van der Waals surface area contributed by atoms with E-state index in [1.54, 1.807) is 6.08 Å². The van der Waals surface area contributed by atoms with Crippen LogP contribution in [0.4, 0.5) is 0 Å². The maximum atomic E-state index is 11.0. The molecular weight excluding hydrogens is 202 g/mol. The summed E-state index contributed by atoms with van der Waals surface area (Å²) in [5.41, 5.74) is 2.12. The minimum Gasteiger partial charge on any atom is -0.466 e. The average molecular weight is 215 g/mol. The van der Waals surface area contributed by atoms with Gasteiger partial charge in [0.2, 0.25) is 0 Å². The third kappa shape index (κ3) is 1.84. The Balaban J connectivity index is 2.42. The lowest BCUT2D eigenvalue weighted by molar-refractivity contribution is -0.134. The second kappa shape index (κ2) is 4.23. The second-order valence-corrected chi connectivity index (χ2v) is 3.54. The van der Waals surface area contributed by atoms with Crippen molar-refractivity contribution < 1.29 is 9.53 Å². The molecule has 0 radical (unpaired) electrons. The molecule has 3 heteroatoms. The first kappa shape index (κ1) is 10.5. The normalized spacial score (nSPS) is 11.1. The summed E-state index contributed by atoms with van der Waals surface area (Å²) < 4.78 is 6.59. The maximum absolute atomic E-state index is 11.0. The molecule has 0 aliphatic rings. The van der Waals surface area contributed by atoms with Crippen LogP contribution in [0.5, 0.6) is 0 Å². The number of carbonyl (C=O) groups excluding carboxylic acids is 1. The summed E-state index contributed by atoms with van der Waals surface area (Å²) in [4.78, 5) is 11.0. The predicted molar refractivity (Wildman–Crippen MR) is 64.0 cm³/mol. The third-order valence-electron chi connectivity index (χ3n) is 2.58.